The summed E-state index contributed by atoms with van der Waals surface area (Å²) in [6, 6.07) is 12.0. The van der Waals surface area contributed by atoms with Crippen molar-refractivity contribution in [3.05, 3.63) is 47.5 Å². The first-order chi connectivity index (χ1) is 13.7. The van der Waals surface area contributed by atoms with Crippen molar-refractivity contribution in [2.75, 3.05) is 6.61 Å². The number of aryl methyl sites for hydroxylation is 1. The van der Waals surface area contributed by atoms with E-state index in [9.17, 15) is 5.11 Å². The average molecular weight is 403 g/mol. The molecule has 29 heavy (non-hydrogen) atoms. The molecule has 4 rings (SSSR count). The average Bonchev–Trinajstić information content (AvgIpc) is 2.72. The monoisotopic (exact) mass is 403 g/mol. The van der Waals surface area contributed by atoms with Gasteiger partial charge in [-0.25, -0.2) is 4.98 Å². The molecule has 0 saturated carbocycles. The van der Waals surface area contributed by atoms with Crippen LogP contribution in [0.2, 0.25) is 0 Å². The summed E-state index contributed by atoms with van der Waals surface area (Å²) < 4.78 is 4.58. The summed E-state index contributed by atoms with van der Waals surface area (Å²) in [5.74, 6) is 0.346. The number of aliphatic hydroxyl groups excluding tert-OH is 5. The second kappa shape index (κ2) is 8.58. The highest BCUT2D eigenvalue weighted by Crippen LogP contribution is 2.32. The van der Waals surface area contributed by atoms with Gasteiger partial charge in [-0.3, -0.25) is 0 Å². The second-order valence-corrected chi connectivity index (χ2v) is 7.13. The molecule has 1 aromatic heterocycles. The molecule has 5 atom stereocenters. The number of phenolic OH excluding ortho intramolecular Hbond substituents is 1. The summed E-state index contributed by atoms with van der Waals surface area (Å²) in [5.41, 5.74) is 3.80. The van der Waals surface area contributed by atoms with Crippen LogP contribution < -0.4 is 0 Å². The molecule has 3 aromatic rings. The fraction of sp³-hybridized carbons (Fsp3) is 0.381. The predicted molar refractivity (Wildman–Crippen MR) is 106 cm³/mol. The Kier molecular flexibility index (Phi) is 6.33. The molecule has 0 radical (unpaired) electrons. The zero-order chi connectivity index (χ0) is 21.3. The fourth-order valence-electron chi connectivity index (χ4n) is 3.21. The first kappa shape index (κ1) is 21.4. The van der Waals surface area contributed by atoms with E-state index < -0.39 is 37.3 Å². The number of nitrogens with zero attached hydrogens (tertiary/aromatic N) is 1. The van der Waals surface area contributed by atoms with Gasteiger partial charge in [0.05, 0.1) is 17.6 Å². The Hall–Kier alpha value is -2.33. The van der Waals surface area contributed by atoms with Gasteiger partial charge in [0.1, 0.15) is 30.2 Å². The summed E-state index contributed by atoms with van der Waals surface area (Å²) in [6.07, 6.45) is -7.04. The molecule has 8 heteroatoms. The van der Waals surface area contributed by atoms with Crippen molar-refractivity contribution in [2.24, 2.45) is 0 Å². The highest BCUT2D eigenvalue weighted by molar-refractivity contribution is 5.96. The number of aliphatic hydroxyl groups is 5. The van der Waals surface area contributed by atoms with E-state index in [-0.39, 0.29) is 0 Å². The maximum Gasteiger partial charge on any atom is 0.184 e. The number of hydrogen-bond donors (Lipinski definition) is 6. The molecule has 1 aliphatic heterocycles. The molecule has 2 aromatic carbocycles. The van der Waals surface area contributed by atoms with Crippen molar-refractivity contribution >= 4 is 21.8 Å². The van der Waals surface area contributed by atoms with Gasteiger partial charge in [-0.2, -0.15) is 0 Å². The molecular formula is C21H25NO7. The number of benzene rings is 2. The first-order valence-corrected chi connectivity index (χ1v) is 9.21. The molecule has 156 valence electrons. The number of aromatic hydroxyl groups is 1. The number of fused-ring (bicyclic) bond motifs is 2. The summed E-state index contributed by atoms with van der Waals surface area (Å²) in [6.45, 7) is 3.40. The van der Waals surface area contributed by atoms with Crippen LogP contribution in [0.1, 0.15) is 11.1 Å². The van der Waals surface area contributed by atoms with Gasteiger partial charge in [-0.15, -0.1) is 0 Å². The van der Waals surface area contributed by atoms with Crippen LogP contribution in [0.4, 0.5) is 0 Å². The van der Waals surface area contributed by atoms with E-state index in [2.05, 4.69) is 9.72 Å². The van der Waals surface area contributed by atoms with Crippen molar-refractivity contribution < 1.29 is 35.4 Å². The summed E-state index contributed by atoms with van der Waals surface area (Å²) >= 11 is 0. The molecule has 0 spiro atoms. The lowest BCUT2D eigenvalue weighted by Gasteiger charge is -2.37. The van der Waals surface area contributed by atoms with Crippen molar-refractivity contribution in [3.63, 3.8) is 0 Å². The Morgan fingerprint density at radius 3 is 2.31 bits per heavy atom. The zero-order valence-corrected chi connectivity index (χ0v) is 16.1. The Morgan fingerprint density at radius 2 is 1.62 bits per heavy atom. The normalized spacial score (nSPS) is 26.9. The van der Waals surface area contributed by atoms with Crippen molar-refractivity contribution in [3.8, 4) is 5.75 Å². The number of para-hydroxylation sites is 1. The Morgan fingerprint density at radius 1 is 0.931 bits per heavy atom. The quantitative estimate of drug-likeness (QED) is 0.322. The minimum Gasteiger partial charge on any atom is -0.507 e. The topological polar surface area (TPSA) is 144 Å². The molecule has 1 saturated heterocycles. The van der Waals surface area contributed by atoms with Gasteiger partial charge in [0.15, 0.2) is 6.29 Å². The van der Waals surface area contributed by atoms with E-state index in [1.54, 1.807) is 0 Å². The van der Waals surface area contributed by atoms with Crippen LogP contribution in [0, 0.1) is 13.8 Å². The Balaban J connectivity index is 0.000000177. The molecule has 0 aliphatic carbocycles. The first-order valence-electron chi connectivity index (χ1n) is 9.21. The van der Waals surface area contributed by atoms with Gasteiger partial charge in [0, 0.05) is 10.8 Å². The number of ether oxygens (including phenoxy) is 1. The maximum absolute atomic E-state index is 10.2. The lowest BCUT2D eigenvalue weighted by atomic mass is 10.00. The van der Waals surface area contributed by atoms with Gasteiger partial charge in [-0.1, -0.05) is 18.2 Å². The van der Waals surface area contributed by atoms with Crippen LogP contribution in [0.25, 0.3) is 21.8 Å². The molecule has 0 bridgehead atoms. The molecule has 1 unspecified atom stereocenters. The molecule has 2 heterocycles. The summed E-state index contributed by atoms with van der Waals surface area (Å²) in [7, 11) is 0. The number of rotatable bonds is 1. The third-order valence-corrected chi connectivity index (χ3v) is 5.18. The number of phenols is 1. The minimum atomic E-state index is -1.57. The van der Waals surface area contributed by atoms with Gasteiger partial charge in [-0.05, 0) is 43.2 Å². The Bertz CT molecular complexity index is 1000. The van der Waals surface area contributed by atoms with Crippen LogP contribution in [-0.4, -0.2) is 72.9 Å². The molecule has 6 N–H and O–H groups in total. The maximum atomic E-state index is 10.2. The standard InChI is InChI=1S/C15H13NO.C6H12O6/c1-9-7-14-12(15(17)10(9)2)8-11-5-3-4-6-13(11)16-14;7-1-2-3(8)4(9)5(10)6(11)12-2/h3-8,17H,1-2H3;2-11H,1H2/t;2-,3+,4+,5-,6?/m.1/s1. The third-order valence-electron chi connectivity index (χ3n) is 5.18. The zero-order valence-electron chi connectivity index (χ0n) is 16.1. The highest BCUT2D eigenvalue weighted by Gasteiger charge is 2.42. The highest BCUT2D eigenvalue weighted by atomic mass is 16.6. The molecule has 1 fully saturated rings. The number of pyridine rings is 1. The SMILES string of the molecule is Cc1cc2nc3ccccc3cc2c(O)c1C.OC[C@H]1OC(O)[C@H](O)[C@@H](O)[C@H]1O. The van der Waals surface area contributed by atoms with E-state index in [1.165, 1.54) is 0 Å². The van der Waals surface area contributed by atoms with Crippen LogP contribution in [0.15, 0.2) is 36.4 Å². The van der Waals surface area contributed by atoms with E-state index in [1.807, 2.05) is 50.2 Å². The van der Waals surface area contributed by atoms with E-state index in [0.717, 1.165) is 32.9 Å². The van der Waals surface area contributed by atoms with Gasteiger partial charge in [0.2, 0.25) is 0 Å². The van der Waals surface area contributed by atoms with Gasteiger partial charge in [0.25, 0.3) is 0 Å². The fourth-order valence-corrected chi connectivity index (χ4v) is 3.21. The van der Waals surface area contributed by atoms with Crippen LogP contribution >= 0.6 is 0 Å². The number of aromatic nitrogens is 1. The van der Waals surface area contributed by atoms with Gasteiger partial charge < -0.3 is 35.4 Å². The molecule has 0 amide bonds. The molecule has 1 aliphatic rings. The molecular weight excluding hydrogens is 378 g/mol. The van der Waals surface area contributed by atoms with Crippen molar-refractivity contribution in [2.45, 2.75) is 44.6 Å². The minimum absolute atomic E-state index is 0.346. The third kappa shape index (κ3) is 4.18. The van der Waals surface area contributed by atoms with Gasteiger partial charge >= 0.3 is 0 Å². The summed E-state index contributed by atoms with van der Waals surface area (Å²) in [4.78, 5) is 4.58. The van der Waals surface area contributed by atoms with Crippen molar-refractivity contribution in [1.29, 1.82) is 0 Å². The summed E-state index contributed by atoms with van der Waals surface area (Å²) in [5, 5.41) is 56.7. The van der Waals surface area contributed by atoms with Crippen LogP contribution in [0.5, 0.6) is 5.75 Å². The van der Waals surface area contributed by atoms with Crippen LogP contribution in [-0.2, 0) is 4.74 Å². The van der Waals surface area contributed by atoms with Crippen LogP contribution in [0.3, 0.4) is 0 Å². The lowest BCUT2D eigenvalue weighted by Crippen LogP contribution is -2.58. The van der Waals surface area contributed by atoms with E-state index in [0.29, 0.717) is 5.75 Å². The molecule has 8 nitrogen and oxygen atoms in total. The van der Waals surface area contributed by atoms with E-state index in [4.69, 9.17) is 25.5 Å². The van der Waals surface area contributed by atoms with Crippen molar-refractivity contribution in [1.82, 2.24) is 4.98 Å². The number of hydrogen-bond acceptors (Lipinski definition) is 8. The largest absolute Gasteiger partial charge is 0.507 e. The lowest BCUT2D eigenvalue weighted by molar-refractivity contribution is -0.286. The Labute approximate surface area is 167 Å². The smallest absolute Gasteiger partial charge is 0.184 e. The van der Waals surface area contributed by atoms with E-state index >= 15 is 0 Å². The predicted octanol–water partition coefficient (Wildman–Crippen LogP) is 0.489. The second-order valence-electron chi connectivity index (χ2n) is 7.13.